The van der Waals surface area contributed by atoms with Gasteiger partial charge in [-0.25, -0.2) is 0 Å². The van der Waals surface area contributed by atoms with Gasteiger partial charge in [-0.15, -0.1) is 11.5 Å². The molecule has 0 amide bonds. The standard InChI is InChI=1S/C29H44O2.Ca/c1-3-5-7-9-11-13-17-24-19-15-21-26(28(24)30)23-27-22-16-20-25(29(27)31)18-14-12-10-8-6-4-2;/h15-16,19-22,30-31H,3-14,17-18,23H2,1-2H3;/q;+2/p-2. The van der Waals surface area contributed by atoms with E-state index in [2.05, 4.69) is 13.8 Å². The van der Waals surface area contributed by atoms with E-state index in [0.29, 0.717) is 6.42 Å². The van der Waals surface area contributed by atoms with E-state index in [4.69, 9.17) is 0 Å². The monoisotopic (exact) mass is 462 g/mol. The predicted octanol–water partition coefficient (Wildman–Crippen LogP) is 6.85. The largest absolute Gasteiger partial charge is 2.00 e. The number of unbranched alkanes of at least 4 members (excludes halogenated alkanes) is 10. The van der Waals surface area contributed by atoms with Gasteiger partial charge in [-0.1, -0.05) is 137 Å². The molecule has 0 saturated heterocycles. The summed E-state index contributed by atoms with van der Waals surface area (Å²) in [5.41, 5.74) is 3.34. The van der Waals surface area contributed by atoms with Crippen molar-refractivity contribution in [1.29, 1.82) is 0 Å². The summed E-state index contributed by atoms with van der Waals surface area (Å²) in [4.78, 5) is 0. The third kappa shape index (κ3) is 10.5. The van der Waals surface area contributed by atoms with Crippen molar-refractivity contribution in [3.05, 3.63) is 58.7 Å². The fourth-order valence-electron chi connectivity index (χ4n) is 4.34. The topological polar surface area (TPSA) is 46.1 Å². The van der Waals surface area contributed by atoms with Gasteiger partial charge in [0, 0.05) is 0 Å². The molecule has 3 heteroatoms. The van der Waals surface area contributed by atoms with Gasteiger partial charge in [0.15, 0.2) is 0 Å². The molecule has 2 rings (SSSR count). The van der Waals surface area contributed by atoms with E-state index < -0.39 is 0 Å². The third-order valence-electron chi connectivity index (χ3n) is 6.34. The molecule has 2 aromatic carbocycles. The SMILES string of the molecule is CCCCCCCCc1cccc(Cc2cccc(CCCCCCCC)c2[O-])c1[O-].[Ca+2]. The molecule has 0 aliphatic heterocycles. The fourth-order valence-corrected chi connectivity index (χ4v) is 4.34. The van der Waals surface area contributed by atoms with Crippen LogP contribution in [0.15, 0.2) is 36.4 Å². The maximum atomic E-state index is 12.9. The molecule has 0 atom stereocenters. The van der Waals surface area contributed by atoms with E-state index in [1.54, 1.807) is 0 Å². The van der Waals surface area contributed by atoms with Crippen LogP contribution in [0.1, 0.15) is 113 Å². The van der Waals surface area contributed by atoms with Crippen molar-refractivity contribution in [1.82, 2.24) is 0 Å². The Hall–Kier alpha value is -0.700. The third-order valence-corrected chi connectivity index (χ3v) is 6.34. The van der Waals surface area contributed by atoms with Crippen LogP contribution in [-0.2, 0) is 19.3 Å². The maximum absolute atomic E-state index is 12.9. The molecule has 0 unspecified atom stereocenters. The normalized spacial score (nSPS) is 10.8. The van der Waals surface area contributed by atoms with E-state index >= 15 is 0 Å². The van der Waals surface area contributed by atoms with Gasteiger partial charge in [0.05, 0.1) is 0 Å². The first-order chi connectivity index (χ1) is 15.2. The molecule has 0 fully saturated rings. The number of hydrogen-bond acceptors (Lipinski definition) is 2. The Kier molecular flexibility index (Phi) is 16.3. The molecule has 32 heavy (non-hydrogen) atoms. The van der Waals surface area contributed by atoms with Crippen molar-refractivity contribution >= 4 is 37.7 Å². The summed E-state index contributed by atoms with van der Waals surface area (Å²) in [7, 11) is 0. The van der Waals surface area contributed by atoms with Crippen LogP contribution >= 0.6 is 0 Å². The molecule has 0 saturated carbocycles. The maximum Gasteiger partial charge on any atom is 2.00 e. The molecule has 0 N–H and O–H groups in total. The molecule has 172 valence electrons. The molecule has 0 spiro atoms. The van der Waals surface area contributed by atoms with E-state index in [0.717, 1.165) is 47.9 Å². The van der Waals surface area contributed by atoms with Crippen molar-refractivity contribution in [3.8, 4) is 11.5 Å². The second kappa shape index (κ2) is 17.7. The van der Waals surface area contributed by atoms with Gasteiger partial charge in [0.2, 0.25) is 0 Å². The van der Waals surface area contributed by atoms with E-state index in [1.165, 1.54) is 64.2 Å². The Balaban J connectivity index is 0.00000512. The summed E-state index contributed by atoms with van der Waals surface area (Å²) in [6.07, 6.45) is 16.9. The fraction of sp³-hybridized carbons (Fsp3) is 0.586. The van der Waals surface area contributed by atoms with E-state index in [-0.39, 0.29) is 49.2 Å². The van der Waals surface area contributed by atoms with Gasteiger partial charge in [0.25, 0.3) is 0 Å². The van der Waals surface area contributed by atoms with Crippen LogP contribution in [0.5, 0.6) is 11.5 Å². The molecule has 2 aromatic rings. The van der Waals surface area contributed by atoms with Gasteiger partial charge in [-0.05, 0) is 32.1 Å². The number of benzene rings is 2. The molecule has 0 aliphatic rings. The number of aryl methyl sites for hydroxylation is 2. The average Bonchev–Trinajstić information content (AvgIpc) is 2.77. The van der Waals surface area contributed by atoms with Gasteiger partial charge >= 0.3 is 37.7 Å². The first-order valence-electron chi connectivity index (χ1n) is 12.7. The summed E-state index contributed by atoms with van der Waals surface area (Å²) in [5, 5.41) is 25.9. The van der Waals surface area contributed by atoms with Gasteiger partial charge < -0.3 is 10.2 Å². The van der Waals surface area contributed by atoms with Crippen molar-refractivity contribution in [2.45, 2.75) is 110 Å². The summed E-state index contributed by atoms with van der Waals surface area (Å²) < 4.78 is 0. The van der Waals surface area contributed by atoms with Crippen molar-refractivity contribution in [3.63, 3.8) is 0 Å². The summed E-state index contributed by atoms with van der Waals surface area (Å²) in [6.45, 7) is 4.46. The zero-order chi connectivity index (χ0) is 22.3. The first kappa shape index (κ1) is 29.3. The first-order valence-corrected chi connectivity index (χ1v) is 12.7. The quantitative estimate of drug-likeness (QED) is 0.202. The smallest absolute Gasteiger partial charge is 0.872 e. The van der Waals surface area contributed by atoms with Crippen LogP contribution in [0, 0.1) is 0 Å². The molecule has 0 radical (unpaired) electrons. The number of rotatable bonds is 16. The Morgan fingerprint density at radius 2 is 0.844 bits per heavy atom. The molecular weight excluding hydrogens is 420 g/mol. The van der Waals surface area contributed by atoms with Crippen LogP contribution < -0.4 is 10.2 Å². The average molecular weight is 463 g/mol. The Labute approximate surface area is 226 Å². The molecular formula is C29H42CaO2. The number of para-hydroxylation sites is 2. The zero-order valence-corrected chi connectivity index (χ0v) is 22.8. The second-order valence-corrected chi connectivity index (χ2v) is 9.02. The molecule has 0 aliphatic carbocycles. The van der Waals surface area contributed by atoms with Crippen LogP contribution in [0.3, 0.4) is 0 Å². The summed E-state index contributed by atoms with van der Waals surface area (Å²) in [6, 6.07) is 11.7. The van der Waals surface area contributed by atoms with E-state index in [1.807, 2.05) is 36.4 Å². The van der Waals surface area contributed by atoms with Gasteiger partial charge in [0.1, 0.15) is 0 Å². The second-order valence-electron chi connectivity index (χ2n) is 9.02. The van der Waals surface area contributed by atoms with Crippen molar-refractivity contribution in [2.75, 3.05) is 0 Å². The van der Waals surface area contributed by atoms with Crippen molar-refractivity contribution < 1.29 is 10.2 Å². The minimum Gasteiger partial charge on any atom is -0.872 e. The number of hydrogen-bond donors (Lipinski definition) is 0. The van der Waals surface area contributed by atoms with Crippen LogP contribution in [-0.4, -0.2) is 37.7 Å². The Bertz CT molecular complexity index is 693. The van der Waals surface area contributed by atoms with Gasteiger partial charge in [-0.2, -0.15) is 0 Å². The minimum absolute atomic E-state index is 0. The van der Waals surface area contributed by atoms with Crippen LogP contribution in [0.2, 0.25) is 0 Å². The van der Waals surface area contributed by atoms with Gasteiger partial charge in [-0.3, -0.25) is 0 Å². The summed E-state index contributed by atoms with van der Waals surface area (Å²) >= 11 is 0. The summed E-state index contributed by atoms with van der Waals surface area (Å²) in [5.74, 6) is 0.272. The molecule has 0 bridgehead atoms. The zero-order valence-electron chi connectivity index (χ0n) is 20.6. The molecule has 0 aromatic heterocycles. The minimum atomic E-state index is 0. The van der Waals surface area contributed by atoms with Crippen LogP contribution in [0.4, 0.5) is 0 Å². The predicted molar refractivity (Wildman–Crippen MR) is 134 cm³/mol. The molecule has 0 heterocycles. The Morgan fingerprint density at radius 1 is 0.500 bits per heavy atom. The van der Waals surface area contributed by atoms with Crippen molar-refractivity contribution in [2.24, 2.45) is 0 Å². The Morgan fingerprint density at radius 3 is 1.25 bits per heavy atom. The molecule has 2 nitrogen and oxygen atoms in total. The van der Waals surface area contributed by atoms with Crippen LogP contribution in [0.25, 0.3) is 0 Å². The van der Waals surface area contributed by atoms with E-state index in [9.17, 15) is 10.2 Å².